The summed E-state index contributed by atoms with van der Waals surface area (Å²) in [5.41, 5.74) is 13.9. The zero-order valence-corrected chi connectivity index (χ0v) is 44.6. The first kappa shape index (κ1) is 46.5. The Morgan fingerprint density at radius 1 is 0.232 bits per heavy atom. The van der Waals surface area contributed by atoms with Crippen LogP contribution in [0.1, 0.15) is 158 Å². The maximum absolute atomic E-state index is 5.66. The number of rotatable bonds is 3. The quantitative estimate of drug-likeness (QED) is 0.177. The normalized spacial score (nSPS) is 13.7. The van der Waals surface area contributed by atoms with Gasteiger partial charge in [0.2, 0.25) is 17.8 Å². The average Bonchev–Trinajstić information content (AvgIpc) is 3.88. The number of hydrogen-bond acceptors (Lipinski definition) is 3. The van der Waals surface area contributed by atoms with E-state index in [0.717, 1.165) is 33.1 Å². The van der Waals surface area contributed by atoms with Crippen molar-refractivity contribution in [2.45, 2.75) is 157 Å². The molecule has 6 nitrogen and oxygen atoms in total. The van der Waals surface area contributed by atoms with Crippen LogP contribution in [0.15, 0.2) is 109 Å². The Kier molecular flexibility index (Phi) is 10.2. The third kappa shape index (κ3) is 7.83. The number of aromatic nitrogens is 6. The predicted octanol–water partition coefficient (Wildman–Crippen LogP) is 16.9. The molecule has 0 aliphatic rings. The van der Waals surface area contributed by atoms with Crippen LogP contribution in [-0.4, -0.2) is 28.7 Å². The van der Waals surface area contributed by atoms with Crippen LogP contribution in [0.5, 0.6) is 0 Å². The van der Waals surface area contributed by atoms with Gasteiger partial charge < -0.3 is 0 Å². The maximum Gasteiger partial charge on any atom is 0.241 e. The summed E-state index contributed by atoms with van der Waals surface area (Å²) in [5, 5.41) is 7.14. The van der Waals surface area contributed by atoms with Gasteiger partial charge in [0.15, 0.2) is 0 Å². The molecule has 0 saturated heterocycles. The van der Waals surface area contributed by atoms with Crippen molar-refractivity contribution in [3.8, 4) is 17.8 Å². The summed E-state index contributed by atoms with van der Waals surface area (Å²) in [7, 11) is 0. The Hall–Kier alpha value is -6.27. The molecular formula is C63H72N6. The first-order chi connectivity index (χ1) is 32.0. The molecule has 10 rings (SSSR count). The van der Waals surface area contributed by atoms with E-state index in [9.17, 15) is 0 Å². The molecule has 0 unspecified atom stereocenters. The topological polar surface area (TPSA) is 53.5 Å². The highest BCUT2D eigenvalue weighted by atomic mass is 15.3. The lowest BCUT2D eigenvalue weighted by molar-refractivity contribution is 0.590. The zero-order chi connectivity index (χ0) is 49.7. The zero-order valence-electron chi connectivity index (χ0n) is 44.6. The van der Waals surface area contributed by atoms with E-state index < -0.39 is 0 Å². The average molecular weight is 913 g/mol. The van der Waals surface area contributed by atoms with E-state index in [2.05, 4.69) is 248 Å². The molecule has 0 aliphatic carbocycles. The van der Waals surface area contributed by atoms with E-state index in [1.54, 1.807) is 0 Å². The summed E-state index contributed by atoms with van der Waals surface area (Å²) in [6, 6.07) is 41.7. The van der Waals surface area contributed by atoms with Crippen molar-refractivity contribution in [2.24, 2.45) is 0 Å². The largest absolute Gasteiger partial charge is 0.278 e. The van der Waals surface area contributed by atoms with Crippen LogP contribution < -0.4 is 0 Å². The summed E-state index contributed by atoms with van der Waals surface area (Å²) in [6.45, 7) is 41.2. The minimum atomic E-state index is -0.0375. The molecule has 0 amide bonds. The number of benzene rings is 6. The van der Waals surface area contributed by atoms with E-state index in [4.69, 9.17) is 15.0 Å². The van der Waals surface area contributed by atoms with E-state index in [0.29, 0.717) is 17.8 Å². The molecule has 0 bridgehead atoms. The molecule has 354 valence electrons. The Morgan fingerprint density at radius 3 is 0.507 bits per heavy atom. The number of nitrogens with zero attached hydrogens (tertiary/aromatic N) is 6. The summed E-state index contributed by atoms with van der Waals surface area (Å²) in [5.74, 6) is 1.71. The third-order valence-electron chi connectivity index (χ3n) is 14.7. The van der Waals surface area contributed by atoms with Crippen molar-refractivity contribution in [1.29, 1.82) is 0 Å². The van der Waals surface area contributed by atoms with E-state index in [-0.39, 0.29) is 32.5 Å². The molecule has 0 N–H and O–H groups in total. The number of hydrogen-bond donors (Lipinski definition) is 0. The summed E-state index contributed by atoms with van der Waals surface area (Å²) < 4.78 is 6.85. The van der Waals surface area contributed by atoms with Gasteiger partial charge in [-0.3, -0.25) is 13.7 Å². The maximum atomic E-state index is 5.66. The van der Waals surface area contributed by atoms with Crippen LogP contribution >= 0.6 is 0 Å². The second-order valence-corrected chi connectivity index (χ2v) is 26.1. The van der Waals surface area contributed by atoms with Crippen LogP contribution in [0, 0.1) is 0 Å². The van der Waals surface area contributed by atoms with Crippen molar-refractivity contribution in [3.63, 3.8) is 0 Å². The molecular weight excluding hydrogens is 841 g/mol. The fourth-order valence-corrected chi connectivity index (χ4v) is 10.2. The highest BCUT2D eigenvalue weighted by Gasteiger charge is 2.28. The predicted molar refractivity (Wildman–Crippen MR) is 295 cm³/mol. The molecule has 0 saturated carbocycles. The molecule has 4 heterocycles. The SMILES string of the molecule is CC(C)(C)c1ccc2c(c1)c1cc(C(C)(C)C)ccc1n2-c1nc(-n2c3ccc(C(C)(C)C)cc3c3cc(C(C)(C)C)ccc32)nc(-n2c3ccc(C(C)(C)C)cc3c3cc(C(C)(C)C)ccc32)n1. The Labute approximate surface area is 409 Å². The molecule has 6 aromatic carbocycles. The molecule has 0 aliphatic heterocycles. The second kappa shape index (κ2) is 15.1. The minimum Gasteiger partial charge on any atom is -0.278 e. The third-order valence-corrected chi connectivity index (χ3v) is 14.7. The Bertz CT molecular complexity index is 3100. The monoisotopic (exact) mass is 913 g/mol. The van der Waals surface area contributed by atoms with Crippen LogP contribution in [0.25, 0.3) is 83.3 Å². The van der Waals surface area contributed by atoms with Crippen LogP contribution in [0.3, 0.4) is 0 Å². The highest BCUT2D eigenvalue weighted by Crippen LogP contribution is 2.42. The van der Waals surface area contributed by atoms with Gasteiger partial charge in [-0.25, -0.2) is 0 Å². The van der Waals surface area contributed by atoms with Crippen molar-refractivity contribution in [2.75, 3.05) is 0 Å². The highest BCUT2D eigenvalue weighted by molar-refractivity contribution is 6.12. The standard InChI is InChI=1S/C63H72N6/c1-58(2,3)37-19-25-49-43(31-37)44-32-38(59(4,5)6)20-26-50(44)67(49)55-64-56(68-51-27-21-39(60(7,8)9)33-45(51)46-34-40(61(10,11)12)22-28-52(46)68)66-57(65-55)69-53-29-23-41(62(13,14)15)35-47(53)48-36-42(63(16,17)18)24-30-54(48)69/h19-36H,1-18H3. The van der Waals surface area contributed by atoms with Crippen molar-refractivity contribution < 1.29 is 0 Å². The van der Waals surface area contributed by atoms with Crippen molar-refractivity contribution in [3.05, 3.63) is 143 Å². The smallest absolute Gasteiger partial charge is 0.241 e. The lowest BCUT2D eigenvalue weighted by Crippen LogP contribution is -2.14. The van der Waals surface area contributed by atoms with Gasteiger partial charge >= 0.3 is 0 Å². The Morgan fingerprint density at radius 2 is 0.377 bits per heavy atom. The fraction of sp³-hybridized carbons (Fsp3) is 0.381. The van der Waals surface area contributed by atoms with Gasteiger partial charge in [0, 0.05) is 32.3 Å². The molecule has 0 fully saturated rings. The van der Waals surface area contributed by atoms with Gasteiger partial charge in [-0.1, -0.05) is 161 Å². The minimum absolute atomic E-state index is 0.0375. The van der Waals surface area contributed by atoms with Crippen molar-refractivity contribution >= 4 is 65.4 Å². The molecule has 0 atom stereocenters. The summed E-state index contributed by atoms with van der Waals surface area (Å²) in [4.78, 5) is 17.0. The molecule has 4 aromatic heterocycles. The van der Waals surface area contributed by atoms with Gasteiger partial charge in [-0.15, -0.1) is 0 Å². The lowest BCUT2D eigenvalue weighted by Gasteiger charge is -2.19. The molecule has 6 heteroatoms. The molecule has 69 heavy (non-hydrogen) atoms. The first-order valence-electron chi connectivity index (χ1n) is 25.0. The lowest BCUT2D eigenvalue weighted by atomic mass is 9.85. The number of fused-ring (bicyclic) bond motifs is 9. The molecule has 10 aromatic rings. The second-order valence-electron chi connectivity index (χ2n) is 26.1. The summed E-state index contributed by atoms with van der Waals surface area (Å²) in [6.07, 6.45) is 0. The molecule has 0 spiro atoms. The van der Waals surface area contributed by atoms with Gasteiger partial charge in [0.1, 0.15) is 0 Å². The molecule has 0 radical (unpaired) electrons. The van der Waals surface area contributed by atoms with Gasteiger partial charge in [-0.05, 0) is 139 Å². The van der Waals surface area contributed by atoms with Crippen LogP contribution in [0.2, 0.25) is 0 Å². The van der Waals surface area contributed by atoms with Gasteiger partial charge in [0.25, 0.3) is 0 Å². The van der Waals surface area contributed by atoms with E-state index >= 15 is 0 Å². The van der Waals surface area contributed by atoms with E-state index in [1.807, 2.05) is 0 Å². The Balaban J connectivity index is 1.37. The van der Waals surface area contributed by atoms with Gasteiger partial charge in [0.05, 0.1) is 33.1 Å². The van der Waals surface area contributed by atoms with Gasteiger partial charge in [-0.2, -0.15) is 15.0 Å². The van der Waals surface area contributed by atoms with Crippen molar-refractivity contribution in [1.82, 2.24) is 28.7 Å². The van der Waals surface area contributed by atoms with Crippen LogP contribution in [0.4, 0.5) is 0 Å². The summed E-state index contributed by atoms with van der Waals surface area (Å²) >= 11 is 0. The van der Waals surface area contributed by atoms with E-state index in [1.165, 1.54) is 65.7 Å². The fourth-order valence-electron chi connectivity index (χ4n) is 10.2. The first-order valence-corrected chi connectivity index (χ1v) is 25.0. The van der Waals surface area contributed by atoms with Crippen LogP contribution in [-0.2, 0) is 32.5 Å².